The van der Waals surface area contributed by atoms with E-state index in [0.717, 1.165) is 16.6 Å². The van der Waals surface area contributed by atoms with Crippen molar-refractivity contribution in [1.29, 1.82) is 0 Å². The molecule has 3 aromatic carbocycles. The van der Waals surface area contributed by atoms with Gasteiger partial charge in [0.15, 0.2) is 0 Å². The van der Waals surface area contributed by atoms with Crippen molar-refractivity contribution in [3.8, 4) is 5.75 Å². The summed E-state index contributed by atoms with van der Waals surface area (Å²) in [4.78, 5) is 0. The first-order chi connectivity index (χ1) is 9.72. The van der Waals surface area contributed by atoms with Gasteiger partial charge in [-0.3, -0.25) is 0 Å². The fourth-order valence-electron chi connectivity index (χ4n) is 2.06. The van der Waals surface area contributed by atoms with Crippen molar-refractivity contribution < 1.29 is 5.11 Å². The monoisotopic (exact) mass is 262 g/mol. The smallest absolute Gasteiger partial charge is 0.143 e. The summed E-state index contributed by atoms with van der Waals surface area (Å²) in [5.74, 6) is 0.139. The van der Waals surface area contributed by atoms with Crippen molar-refractivity contribution in [2.75, 3.05) is 0 Å². The summed E-state index contributed by atoms with van der Waals surface area (Å²) in [6.45, 7) is 1.95. The van der Waals surface area contributed by atoms with Crippen LogP contribution in [0.2, 0.25) is 0 Å². The number of hydrogen-bond acceptors (Lipinski definition) is 3. The molecule has 0 aliphatic rings. The summed E-state index contributed by atoms with van der Waals surface area (Å²) in [6, 6.07) is 19.3. The largest absolute Gasteiger partial charge is 0.506 e. The molecule has 1 N–H and O–H groups in total. The minimum atomic E-state index is 0.139. The molecule has 0 aliphatic heterocycles. The van der Waals surface area contributed by atoms with Gasteiger partial charge in [-0.25, -0.2) is 0 Å². The van der Waals surface area contributed by atoms with Crippen LogP contribution in [-0.2, 0) is 0 Å². The number of nitrogens with zero attached hydrogens (tertiary/aromatic N) is 2. The predicted molar refractivity (Wildman–Crippen MR) is 81.0 cm³/mol. The molecule has 0 saturated carbocycles. The molecular weight excluding hydrogens is 248 g/mol. The van der Waals surface area contributed by atoms with Gasteiger partial charge in [-0.2, -0.15) is 5.11 Å². The SMILES string of the molecule is Cc1ccc(O)c(N=Nc2ccc3ccccc3c2)c1. The van der Waals surface area contributed by atoms with Gasteiger partial charge in [0.2, 0.25) is 0 Å². The van der Waals surface area contributed by atoms with Gasteiger partial charge in [-0.15, -0.1) is 5.11 Å². The molecule has 3 aromatic rings. The molecular formula is C17H14N2O. The van der Waals surface area contributed by atoms with Crippen LogP contribution in [0.15, 0.2) is 70.9 Å². The van der Waals surface area contributed by atoms with E-state index < -0.39 is 0 Å². The van der Waals surface area contributed by atoms with E-state index in [1.54, 1.807) is 12.1 Å². The molecule has 0 radical (unpaired) electrons. The molecule has 3 heteroatoms. The molecule has 0 bridgehead atoms. The van der Waals surface area contributed by atoms with Crippen LogP contribution in [0.4, 0.5) is 11.4 Å². The number of rotatable bonds is 2. The average Bonchev–Trinajstić information content (AvgIpc) is 2.48. The highest BCUT2D eigenvalue weighted by atomic mass is 16.3. The number of benzene rings is 3. The van der Waals surface area contributed by atoms with Crippen molar-refractivity contribution in [3.05, 3.63) is 66.2 Å². The molecule has 0 fully saturated rings. The number of aromatic hydroxyl groups is 1. The molecule has 0 aliphatic carbocycles. The van der Waals surface area contributed by atoms with Crippen molar-refractivity contribution in [1.82, 2.24) is 0 Å². The van der Waals surface area contributed by atoms with Crippen LogP contribution in [0.5, 0.6) is 5.75 Å². The number of fused-ring (bicyclic) bond motifs is 1. The van der Waals surface area contributed by atoms with Crippen LogP contribution < -0.4 is 0 Å². The molecule has 3 rings (SSSR count). The third-order valence-corrected chi connectivity index (χ3v) is 3.14. The average molecular weight is 262 g/mol. The van der Waals surface area contributed by atoms with Crippen LogP contribution in [0.1, 0.15) is 5.56 Å². The quantitative estimate of drug-likeness (QED) is 0.628. The topological polar surface area (TPSA) is 45.0 Å². The van der Waals surface area contributed by atoms with Gasteiger partial charge >= 0.3 is 0 Å². The van der Waals surface area contributed by atoms with E-state index in [4.69, 9.17) is 0 Å². The summed E-state index contributed by atoms with van der Waals surface area (Å²) in [6.07, 6.45) is 0. The molecule has 3 nitrogen and oxygen atoms in total. The van der Waals surface area contributed by atoms with E-state index in [-0.39, 0.29) is 5.75 Å². The summed E-state index contributed by atoms with van der Waals surface area (Å²) in [5, 5.41) is 20.3. The summed E-state index contributed by atoms with van der Waals surface area (Å²) in [5.41, 5.74) is 2.29. The molecule has 0 aromatic heterocycles. The third kappa shape index (κ3) is 2.52. The lowest BCUT2D eigenvalue weighted by atomic mass is 10.1. The molecule has 0 saturated heterocycles. The van der Waals surface area contributed by atoms with Crippen LogP contribution in [0, 0.1) is 6.92 Å². The standard InChI is InChI=1S/C17H14N2O/c1-12-6-9-17(20)16(10-12)19-18-15-8-7-13-4-2-3-5-14(13)11-15/h2-11,20H,1H3. The molecule has 98 valence electrons. The Morgan fingerprint density at radius 3 is 2.45 bits per heavy atom. The lowest BCUT2D eigenvalue weighted by Crippen LogP contribution is -1.73. The maximum absolute atomic E-state index is 9.73. The fourth-order valence-corrected chi connectivity index (χ4v) is 2.06. The third-order valence-electron chi connectivity index (χ3n) is 3.14. The van der Waals surface area contributed by atoms with E-state index in [2.05, 4.69) is 16.3 Å². The Labute approximate surface area is 117 Å². The van der Waals surface area contributed by atoms with Gasteiger partial charge < -0.3 is 5.11 Å². The van der Waals surface area contributed by atoms with E-state index in [1.165, 1.54) is 5.39 Å². The van der Waals surface area contributed by atoms with Crippen LogP contribution in [0.3, 0.4) is 0 Å². The zero-order valence-electron chi connectivity index (χ0n) is 11.1. The zero-order valence-corrected chi connectivity index (χ0v) is 11.1. The molecule has 0 unspecified atom stereocenters. The Hall–Kier alpha value is -2.68. The Morgan fingerprint density at radius 2 is 1.60 bits per heavy atom. The predicted octanol–water partition coefficient (Wildman–Crippen LogP) is 5.27. The second kappa shape index (κ2) is 5.13. The molecule has 0 amide bonds. The van der Waals surface area contributed by atoms with Crippen molar-refractivity contribution >= 4 is 22.1 Å². The van der Waals surface area contributed by atoms with E-state index in [1.807, 2.05) is 49.4 Å². The summed E-state index contributed by atoms with van der Waals surface area (Å²) in [7, 11) is 0. The Morgan fingerprint density at radius 1 is 0.800 bits per heavy atom. The molecule has 0 heterocycles. The Bertz CT molecular complexity index is 794. The van der Waals surface area contributed by atoms with Gasteiger partial charge in [0, 0.05) is 0 Å². The lowest BCUT2D eigenvalue weighted by molar-refractivity contribution is 0.476. The Kier molecular flexibility index (Phi) is 3.17. The van der Waals surface area contributed by atoms with Crippen molar-refractivity contribution in [2.24, 2.45) is 10.2 Å². The minimum Gasteiger partial charge on any atom is -0.506 e. The highest BCUT2D eigenvalue weighted by Crippen LogP contribution is 2.29. The number of phenolic OH excluding ortho intramolecular Hbond substituents is 1. The lowest BCUT2D eigenvalue weighted by Gasteiger charge is -2.00. The second-order valence-electron chi connectivity index (χ2n) is 4.72. The highest BCUT2D eigenvalue weighted by molar-refractivity contribution is 5.85. The molecule has 20 heavy (non-hydrogen) atoms. The summed E-state index contributed by atoms with van der Waals surface area (Å²) < 4.78 is 0. The first-order valence-corrected chi connectivity index (χ1v) is 6.42. The fraction of sp³-hybridized carbons (Fsp3) is 0.0588. The van der Waals surface area contributed by atoms with Crippen molar-refractivity contribution in [2.45, 2.75) is 6.92 Å². The van der Waals surface area contributed by atoms with Crippen LogP contribution in [0.25, 0.3) is 10.8 Å². The number of phenols is 1. The van der Waals surface area contributed by atoms with Crippen molar-refractivity contribution in [3.63, 3.8) is 0 Å². The van der Waals surface area contributed by atoms with Gasteiger partial charge in [0.25, 0.3) is 0 Å². The van der Waals surface area contributed by atoms with Crippen LogP contribution >= 0.6 is 0 Å². The van der Waals surface area contributed by atoms with Gasteiger partial charge in [-0.05, 0) is 47.5 Å². The normalized spacial score (nSPS) is 11.2. The first kappa shape index (κ1) is 12.4. The van der Waals surface area contributed by atoms with Gasteiger partial charge in [-0.1, -0.05) is 36.4 Å². The second-order valence-corrected chi connectivity index (χ2v) is 4.72. The zero-order chi connectivity index (χ0) is 13.9. The number of azo groups is 1. The van der Waals surface area contributed by atoms with Gasteiger partial charge in [0.05, 0.1) is 5.69 Å². The van der Waals surface area contributed by atoms with E-state index in [9.17, 15) is 5.11 Å². The van der Waals surface area contributed by atoms with E-state index in [0.29, 0.717) is 5.69 Å². The molecule has 0 spiro atoms. The number of hydrogen-bond donors (Lipinski definition) is 1. The Balaban J connectivity index is 1.96. The summed E-state index contributed by atoms with van der Waals surface area (Å²) >= 11 is 0. The van der Waals surface area contributed by atoms with E-state index >= 15 is 0 Å². The van der Waals surface area contributed by atoms with Crippen LogP contribution in [-0.4, -0.2) is 5.11 Å². The van der Waals surface area contributed by atoms with Gasteiger partial charge in [0.1, 0.15) is 11.4 Å². The maximum Gasteiger partial charge on any atom is 0.143 e. The number of aryl methyl sites for hydroxylation is 1. The first-order valence-electron chi connectivity index (χ1n) is 6.42. The maximum atomic E-state index is 9.73. The highest BCUT2D eigenvalue weighted by Gasteiger charge is 2.00. The molecule has 0 atom stereocenters. The minimum absolute atomic E-state index is 0.139.